The van der Waals surface area contributed by atoms with Crippen molar-refractivity contribution in [2.24, 2.45) is 0 Å². The number of carbonyl (C=O) groups excluding carboxylic acids is 1. The molecule has 1 aromatic rings. The van der Waals surface area contributed by atoms with Gasteiger partial charge in [-0.15, -0.1) is 0 Å². The minimum absolute atomic E-state index is 0.112. The van der Waals surface area contributed by atoms with Crippen molar-refractivity contribution in [2.45, 2.75) is 51.1 Å². The van der Waals surface area contributed by atoms with Crippen LogP contribution in [0.1, 0.15) is 44.1 Å². The molecule has 2 saturated heterocycles. The molecule has 1 aromatic carbocycles. The highest BCUT2D eigenvalue weighted by Crippen LogP contribution is 2.17. The topological polar surface area (TPSA) is 55.8 Å². The molecule has 2 aliphatic heterocycles. The van der Waals surface area contributed by atoms with Gasteiger partial charge in [0, 0.05) is 32.2 Å². The van der Waals surface area contributed by atoms with E-state index in [0.717, 1.165) is 64.0 Å². The lowest BCUT2D eigenvalue weighted by Crippen LogP contribution is -2.51. The van der Waals surface area contributed by atoms with Crippen LogP contribution in [-0.2, 0) is 6.54 Å². The molecular weight excluding hydrogens is 302 g/mol. The fourth-order valence-electron chi connectivity index (χ4n) is 3.77. The van der Waals surface area contributed by atoms with Gasteiger partial charge in [0.25, 0.3) is 0 Å². The van der Waals surface area contributed by atoms with Crippen LogP contribution in [0.4, 0.5) is 4.79 Å². The molecule has 0 saturated carbocycles. The Morgan fingerprint density at radius 1 is 1.12 bits per heavy atom. The van der Waals surface area contributed by atoms with Gasteiger partial charge in [-0.2, -0.15) is 0 Å². The van der Waals surface area contributed by atoms with Gasteiger partial charge in [0.1, 0.15) is 5.75 Å². The fraction of sp³-hybridized carbons (Fsp3) is 0.632. The van der Waals surface area contributed by atoms with E-state index in [-0.39, 0.29) is 12.1 Å². The predicted molar refractivity (Wildman–Crippen MR) is 95.0 cm³/mol. The van der Waals surface area contributed by atoms with Gasteiger partial charge in [0.15, 0.2) is 0 Å². The first-order valence-corrected chi connectivity index (χ1v) is 9.26. The van der Waals surface area contributed by atoms with E-state index in [9.17, 15) is 9.90 Å². The SMILES string of the molecule is O=C(N[C@H]1CCCN(Cc2cccc(O)c2)C1)N1CCCCCC1. The number of hydrogen-bond acceptors (Lipinski definition) is 3. The molecule has 3 rings (SSSR count). The predicted octanol–water partition coefficient (Wildman–Crippen LogP) is 2.94. The number of piperidine rings is 1. The number of phenolic OH excluding ortho intramolecular Hbond substituents is 1. The van der Waals surface area contributed by atoms with E-state index in [1.807, 2.05) is 23.1 Å². The average molecular weight is 331 g/mol. The van der Waals surface area contributed by atoms with Crippen LogP contribution in [-0.4, -0.2) is 53.2 Å². The number of carbonyl (C=O) groups is 1. The third-order valence-corrected chi connectivity index (χ3v) is 5.04. The third kappa shape index (κ3) is 4.87. The second kappa shape index (κ2) is 8.38. The number of nitrogens with zero attached hydrogens (tertiary/aromatic N) is 2. The Kier molecular flexibility index (Phi) is 5.96. The standard InChI is InChI=1S/C19H29N3O2/c23-18-9-5-7-16(13-18)14-21-10-6-8-17(15-21)20-19(24)22-11-3-1-2-4-12-22/h5,7,9,13,17,23H,1-4,6,8,10-12,14-15H2,(H,20,24)/t17-/m0/s1. The molecule has 2 N–H and O–H groups in total. The number of aromatic hydroxyl groups is 1. The number of phenols is 1. The molecule has 2 amide bonds. The molecular formula is C19H29N3O2. The van der Waals surface area contributed by atoms with Crippen molar-refractivity contribution >= 4 is 6.03 Å². The summed E-state index contributed by atoms with van der Waals surface area (Å²) < 4.78 is 0. The van der Waals surface area contributed by atoms with E-state index in [4.69, 9.17) is 0 Å². The van der Waals surface area contributed by atoms with Gasteiger partial charge in [-0.05, 0) is 49.9 Å². The minimum atomic E-state index is 0.112. The molecule has 0 aliphatic carbocycles. The van der Waals surface area contributed by atoms with E-state index in [1.54, 1.807) is 6.07 Å². The molecule has 24 heavy (non-hydrogen) atoms. The summed E-state index contributed by atoms with van der Waals surface area (Å²) in [7, 11) is 0. The van der Waals surface area contributed by atoms with Crippen molar-refractivity contribution in [1.82, 2.24) is 15.1 Å². The van der Waals surface area contributed by atoms with Crippen LogP contribution in [0.15, 0.2) is 24.3 Å². The molecule has 2 heterocycles. The molecule has 5 nitrogen and oxygen atoms in total. The van der Waals surface area contributed by atoms with Crippen molar-refractivity contribution in [1.29, 1.82) is 0 Å². The quantitative estimate of drug-likeness (QED) is 0.895. The molecule has 0 bridgehead atoms. The van der Waals surface area contributed by atoms with Gasteiger partial charge in [0.2, 0.25) is 0 Å². The zero-order valence-corrected chi connectivity index (χ0v) is 14.4. The summed E-state index contributed by atoms with van der Waals surface area (Å²) in [5.74, 6) is 0.315. The zero-order valence-electron chi connectivity index (χ0n) is 14.4. The van der Waals surface area contributed by atoms with Crippen molar-refractivity contribution in [3.05, 3.63) is 29.8 Å². The monoisotopic (exact) mass is 331 g/mol. The Balaban J connectivity index is 1.50. The summed E-state index contributed by atoms with van der Waals surface area (Å²) in [4.78, 5) is 16.8. The highest BCUT2D eigenvalue weighted by molar-refractivity contribution is 5.74. The van der Waals surface area contributed by atoms with E-state index in [0.29, 0.717) is 5.75 Å². The second-order valence-corrected chi connectivity index (χ2v) is 7.09. The summed E-state index contributed by atoms with van der Waals surface area (Å²) in [6.45, 7) is 4.54. The first kappa shape index (κ1) is 17.1. The Hall–Kier alpha value is -1.75. The Morgan fingerprint density at radius 3 is 2.67 bits per heavy atom. The highest BCUT2D eigenvalue weighted by atomic mass is 16.3. The van der Waals surface area contributed by atoms with E-state index < -0.39 is 0 Å². The van der Waals surface area contributed by atoms with Crippen LogP contribution in [0.3, 0.4) is 0 Å². The zero-order chi connectivity index (χ0) is 16.8. The summed E-state index contributed by atoms with van der Waals surface area (Å²) >= 11 is 0. The van der Waals surface area contributed by atoms with Crippen molar-refractivity contribution in [3.63, 3.8) is 0 Å². The maximum atomic E-state index is 12.5. The number of nitrogens with one attached hydrogen (secondary N) is 1. The molecule has 0 spiro atoms. The molecule has 2 fully saturated rings. The van der Waals surface area contributed by atoms with Crippen LogP contribution >= 0.6 is 0 Å². The van der Waals surface area contributed by atoms with Crippen molar-refractivity contribution in [3.8, 4) is 5.75 Å². The number of rotatable bonds is 3. The molecule has 0 unspecified atom stereocenters. The minimum Gasteiger partial charge on any atom is -0.508 e. The number of amides is 2. The number of likely N-dealkylation sites (tertiary alicyclic amines) is 2. The van der Waals surface area contributed by atoms with E-state index >= 15 is 0 Å². The molecule has 1 atom stereocenters. The normalized spacial score (nSPS) is 22.8. The van der Waals surface area contributed by atoms with Gasteiger partial charge in [-0.25, -0.2) is 4.79 Å². The fourth-order valence-corrected chi connectivity index (χ4v) is 3.77. The van der Waals surface area contributed by atoms with Crippen LogP contribution in [0.25, 0.3) is 0 Å². The lowest BCUT2D eigenvalue weighted by Gasteiger charge is -2.34. The molecule has 132 valence electrons. The first-order chi connectivity index (χ1) is 11.7. The van der Waals surface area contributed by atoms with Gasteiger partial charge >= 0.3 is 6.03 Å². The summed E-state index contributed by atoms with van der Waals surface area (Å²) in [5.41, 5.74) is 1.12. The Bertz CT molecular complexity index is 541. The number of hydrogen-bond donors (Lipinski definition) is 2. The molecule has 0 radical (unpaired) electrons. The van der Waals surface area contributed by atoms with Crippen LogP contribution in [0, 0.1) is 0 Å². The van der Waals surface area contributed by atoms with Gasteiger partial charge < -0.3 is 15.3 Å². The maximum absolute atomic E-state index is 12.5. The summed E-state index contributed by atoms with van der Waals surface area (Å²) in [6.07, 6.45) is 6.89. The largest absolute Gasteiger partial charge is 0.508 e. The molecule has 0 aromatic heterocycles. The summed E-state index contributed by atoms with van der Waals surface area (Å²) in [6, 6.07) is 7.78. The van der Waals surface area contributed by atoms with Crippen LogP contribution < -0.4 is 5.32 Å². The highest BCUT2D eigenvalue weighted by Gasteiger charge is 2.24. The van der Waals surface area contributed by atoms with Crippen molar-refractivity contribution < 1.29 is 9.90 Å². The van der Waals surface area contributed by atoms with Gasteiger partial charge in [-0.3, -0.25) is 4.90 Å². The second-order valence-electron chi connectivity index (χ2n) is 7.09. The Labute approximate surface area is 144 Å². The first-order valence-electron chi connectivity index (χ1n) is 9.26. The van der Waals surface area contributed by atoms with E-state index in [2.05, 4.69) is 10.2 Å². The van der Waals surface area contributed by atoms with Gasteiger partial charge in [-0.1, -0.05) is 25.0 Å². The third-order valence-electron chi connectivity index (χ3n) is 5.04. The maximum Gasteiger partial charge on any atom is 0.317 e. The number of benzene rings is 1. The van der Waals surface area contributed by atoms with Gasteiger partial charge in [0.05, 0.1) is 0 Å². The lowest BCUT2D eigenvalue weighted by atomic mass is 10.0. The smallest absolute Gasteiger partial charge is 0.317 e. The van der Waals surface area contributed by atoms with Crippen LogP contribution in [0.5, 0.6) is 5.75 Å². The van der Waals surface area contributed by atoms with Crippen LogP contribution in [0.2, 0.25) is 0 Å². The molecule has 2 aliphatic rings. The average Bonchev–Trinajstić information content (AvgIpc) is 2.84. The molecule has 5 heteroatoms. The summed E-state index contributed by atoms with van der Waals surface area (Å²) in [5, 5.41) is 12.8. The lowest BCUT2D eigenvalue weighted by molar-refractivity contribution is 0.164. The number of urea groups is 1. The Morgan fingerprint density at radius 2 is 1.92 bits per heavy atom. The van der Waals surface area contributed by atoms with E-state index in [1.165, 1.54) is 12.8 Å². The van der Waals surface area contributed by atoms with Crippen molar-refractivity contribution in [2.75, 3.05) is 26.2 Å².